The summed E-state index contributed by atoms with van der Waals surface area (Å²) >= 11 is 0. The van der Waals surface area contributed by atoms with Gasteiger partial charge in [-0.1, -0.05) is 74.0 Å². The highest BCUT2D eigenvalue weighted by Gasteiger charge is 2.18. The average molecular weight is 468 g/mol. The molecule has 0 atom stereocenters. The van der Waals surface area contributed by atoms with Crippen LogP contribution >= 0.6 is 0 Å². The lowest BCUT2D eigenvalue weighted by molar-refractivity contribution is 0.174. The lowest BCUT2D eigenvalue weighted by Gasteiger charge is -2.24. The minimum atomic E-state index is 0.296. The van der Waals surface area contributed by atoms with E-state index in [4.69, 9.17) is 14.5 Å². The molecule has 3 aromatic carbocycles. The van der Waals surface area contributed by atoms with Crippen molar-refractivity contribution in [2.45, 2.75) is 52.9 Å². The van der Waals surface area contributed by atoms with Gasteiger partial charge in [0.1, 0.15) is 5.82 Å². The molecule has 1 aliphatic heterocycles. The van der Waals surface area contributed by atoms with Crippen molar-refractivity contribution >= 4 is 0 Å². The molecule has 0 bridgehead atoms. The molecule has 0 unspecified atom stereocenters. The molecule has 0 saturated heterocycles. The smallest absolute Gasteiger partial charge is 0.231 e. The topological polar surface area (TPSA) is 39.5 Å². The number of nitrogens with zero attached hydrogens (tertiary/aromatic N) is 3. The van der Waals surface area contributed by atoms with Gasteiger partial charge in [-0.05, 0) is 42.2 Å². The molecule has 0 saturated carbocycles. The second-order valence-electron chi connectivity index (χ2n) is 9.20. The van der Waals surface area contributed by atoms with E-state index in [2.05, 4.69) is 96.2 Å². The Morgan fingerprint density at radius 2 is 1.69 bits per heavy atom. The molecule has 0 radical (unpaired) electrons. The largest absolute Gasteiger partial charge is 0.454 e. The van der Waals surface area contributed by atoms with Crippen molar-refractivity contribution < 1.29 is 9.47 Å². The predicted molar refractivity (Wildman–Crippen MR) is 139 cm³/mol. The molecule has 0 fully saturated rings. The summed E-state index contributed by atoms with van der Waals surface area (Å²) < 4.78 is 13.6. The van der Waals surface area contributed by atoms with Crippen molar-refractivity contribution in [2.75, 3.05) is 6.79 Å². The molecule has 180 valence electrons. The number of aromatic nitrogens is 2. The van der Waals surface area contributed by atoms with Gasteiger partial charge in [-0.15, -0.1) is 0 Å². The lowest BCUT2D eigenvalue weighted by atomic mass is 10.1. The Bertz CT molecular complexity index is 1270. The van der Waals surface area contributed by atoms with E-state index in [-0.39, 0.29) is 0 Å². The van der Waals surface area contributed by atoms with E-state index >= 15 is 0 Å². The summed E-state index contributed by atoms with van der Waals surface area (Å²) in [5.74, 6) is 2.70. The van der Waals surface area contributed by atoms with Gasteiger partial charge in [0.15, 0.2) is 11.5 Å². The van der Waals surface area contributed by atoms with Crippen LogP contribution < -0.4 is 9.47 Å². The van der Waals surface area contributed by atoms with Crippen molar-refractivity contribution in [1.29, 1.82) is 0 Å². The second-order valence-corrected chi connectivity index (χ2v) is 9.20. The highest BCUT2D eigenvalue weighted by molar-refractivity contribution is 5.56. The first-order chi connectivity index (χ1) is 17.2. The van der Waals surface area contributed by atoms with Gasteiger partial charge >= 0.3 is 0 Å². The standard InChI is InChI=1S/C30H33N3O2/c1-3-4-16-33-27(18-31-30(33)25-11-6-5-7-12-25)21-32(20-26-13-9-8-10-23(26)2)19-24-14-15-28-29(17-24)35-22-34-28/h5-15,17-18H,3-4,16,19-22H2,1-2H3. The van der Waals surface area contributed by atoms with Crippen molar-refractivity contribution in [3.05, 3.63) is 101 Å². The molecule has 2 heterocycles. The number of unbranched alkanes of at least 4 members (excludes halogenated alkanes) is 1. The molecule has 1 aromatic heterocycles. The van der Waals surface area contributed by atoms with E-state index in [1.54, 1.807) is 0 Å². The predicted octanol–water partition coefficient (Wildman–Crippen LogP) is 6.59. The lowest BCUT2D eigenvalue weighted by Crippen LogP contribution is -2.24. The molecule has 35 heavy (non-hydrogen) atoms. The summed E-state index contributed by atoms with van der Waals surface area (Å²) in [7, 11) is 0. The first kappa shape index (κ1) is 23.2. The summed E-state index contributed by atoms with van der Waals surface area (Å²) in [6, 6.07) is 25.4. The van der Waals surface area contributed by atoms with Crippen LogP contribution in [0.25, 0.3) is 11.4 Å². The third kappa shape index (κ3) is 5.41. The van der Waals surface area contributed by atoms with Crippen LogP contribution in [-0.2, 0) is 26.2 Å². The summed E-state index contributed by atoms with van der Waals surface area (Å²) in [6.07, 6.45) is 4.33. The molecular weight excluding hydrogens is 434 g/mol. The van der Waals surface area contributed by atoms with Crippen LogP contribution in [0.4, 0.5) is 0 Å². The first-order valence-electron chi connectivity index (χ1n) is 12.5. The molecule has 5 nitrogen and oxygen atoms in total. The number of hydrogen-bond acceptors (Lipinski definition) is 4. The zero-order chi connectivity index (χ0) is 24.0. The van der Waals surface area contributed by atoms with E-state index < -0.39 is 0 Å². The maximum absolute atomic E-state index is 5.64. The maximum atomic E-state index is 5.64. The Balaban J connectivity index is 1.45. The van der Waals surface area contributed by atoms with E-state index in [0.29, 0.717) is 6.79 Å². The Morgan fingerprint density at radius 1 is 0.886 bits per heavy atom. The summed E-state index contributed by atoms with van der Waals surface area (Å²) in [6.45, 7) is 8.18. The molecule has 4 aromatic rings. The summed E-state index contributed by atoms with van der Waals surface area (Å²) in [4.78, 5) is 7.37. The van der Waals surface area contributed by atoms with Crippen molar-refractivity contribution in [3.8, 4) is 22.9 Å². The third-order valence-electron chi connectivity index (χ3n) is 6.59. The van der Waals surface area contributed by atoms with Crippen molar-refractivity contribution in [2.24, 2.45) is 0 Å². The Morgan fingerprint density at radius 3 is 2.51 bits per heavy atom. The van der Waals surface area contributed by atoms with Crippen LogP contribution in [-0.4, -0.2) is 21.2 Å². The van der Waals surface area contributed by atoms with Gasteiger partial charge in [0.05, 0.1) is 11.9 Å². The molecule has 1 aliphatic rings. The van der Waals surface area contributed by atoms with E-state index in [0.717, 1.165) is 61.9 Å². The van der Waals surface area contributed by atoms with E-state index in [1.165, 1.54) is 22.4 Å². The summed E-state index contributed by atoms with van der Waals surface area (Å²) in [5, 5.41) is 0. The Labute approximate surface area is 208 Å². The number of imidazole rings is 1. The molecule has 0 spiro atoms. The monoisotopic (exact) mass is 467 g/mol. The molecule has 5 rings (SSSR count). The maximum Gasteiger partial charge on any atom is 0.231 e. The van der Waals surface area contributed by atoms with Gasteiger partial charge in [0, 0.05) is 31.7 Å². The minimum Gasteiger partial charge on any atom is -0.454 e. The van der Waals surface area contributed by atoms with Gasteiger partial charge in [0.25, 0.3) is 0 Å². The molecule has 0 aliphatic carbocycles. The fourth-order valence-electron chi connectivity index (χ4n) is 4.64. The van der Waals surface area contributed by atoms with Crippen LogP contribution in [0.2, 0.25) is 0 Å². The number of rotatable bonds is 10. The van der Waals surface area contributed by atoms with Crippen LogP contribution in [0, 0.1) is 6.92 Å². The fourth-order valence-corrected chi connectivity index (χ4v) is 4.64. The quantitative estimate of drug-likeness (QED) is 0.264. The SMILES string of the molecule is CCCCn1c(CN(Cc2ccc3c(c2)OCO3)Cc2ccccc2C)cnc1-c1ccccc1. The van der Waals surface area contributed by atoms with Crippen LogP contribution in [0.1, 0.15) is 42.1 Å². The van der Waals surface area contributed by atoms with Gasteiger partial charge < -0.3 is 14.0 Å². The molecular formula is C30H33N3O2. The van der Waals surface area contributed by atoms with Crippen molar-refractivity contribution in [1.82, 2.24) is 14.5 Å². The number of fused-ring (bicyclic) bond motifs is 1. The number of ether oxygens (including phenoxy) is 2. The molecule has 0 amide bonds. The van der Waals surface area contributed by atoms with E-state index in [1.807, 2.05) is 6.07 Å². The molecule has 5 heteroatoms. The van der Waals surface area contributed by atoms with Gasteiger partial charge in [0.2, 0.25) is 6.79 Å². The normalized spacial score (nSPS) is 12.4. The van der Waals surface area contributed by atoms with Gasteiger partial charge in [-0.25, -0.2) is 4.98 Å². The second kappa shape index (κ2) is 10.8. The summed E-state index contributed by atoms with van der Waals surface area (Å²) in [5.41, 5.74) is 6.28. The third-order valence-corrected chi connectivity index (χ3v) is 6.59. The number of aryl methyl sites for hydroxylation is 1. The number of hydrogen-bond donors (Lipinski definition) is 0. The first-order valence-corrected chi connectivity index (χ1v) is 12.5. The fraction of sp³-hybridized carbons (Fsp3) is 0.300. The van der Waals surface area contributed by atoms with Gasteiger partial charge in [-0.2, -0.15) is 0 Å². The zero-order valence-corrected chi connectivity index (χ0v) is 20.6. The highest BCUT2D eigenvalue weighted by atomic mass is 16.7. The highest BCUT2D eigenvalue weighted by Crippen LogP contribution is 2.33. The van der Waals surface area contributed by atoms with Crippen LogP contribution in [0.5, 0.6) is 11.5 Å². The van der Waals surface area contributed by atoms with Crippen LogP contribution in [0.3, 0.4) is 0 Å². The number of benzene rings is 3. The Kier molecular flexibility index (Phi) is 7.15. The zero-order valence-electron chi connectivity index (χ0n) is 20.6. The van der Waals surface area contributed by atoms with E-state index in [9.17, 15) is 0 Å². The van der Waals surface area contributed by atoms with Crippen LogP contribution in [0.15, 0.2) is 79.0 Å². The average Bonchev–Trinajstić information content (AvgIpc) is 3.51. The minimum absolute atomic E-state index is 0.296. The van der Waals surface area contributed by atoms with Gasteiger partial charge in [-0.3, -0.25) is 4.90 Å². The van der Waals surface area contributed by atoms with Crippen molar-refractivity contribution in [3.63, 3.8) is 0 Å². The Hall–Kier alpha value is -3.57. The molecule has 0 N–H and O–H groups in total.